The molecule has 2 aromatic rings. The Kier molecular flexibility index (Phi) is 5.30. The largest absolute Gasteiger partial charge is 0.489 e. The number of benzene rings is 2. The first-order valence-corrected chi connectivity index (χ1v) is 9.74. The third-order valence-corrected chi connectivity index (χ3v) is 5.64. The van der Waals surface area contributed by atoms with Crippen molar-refractivity contribution in [3.63, 3.8) is 0 Å². The van der Waals surface area contributed by atoms with Gasteiger partial charge in [0.15, 0.2) is 0 Å². The van der Waals surface area contributed by atoms with Crippen molar-refractivity contribution >= 4 is 17.5 Å². The van der Waals surface area contributed by atoms with E-state index in [0.29, 0.717) is 39.1 Å². The average Bonchev–Trinajstić information content (AvgIpc) is 2.74. The Hall–Kier alpha value is -2.86. The smallest absolute Gasteiger partial charge is 0.241 e. The molecular formula is C22H25N3O3. The number of fused-ring (bicyclic) bond motifs is 1. The fourth-order valence-corrected chi connectivity index (χ4v) is 4.06. The van der Waals surface area contributed by atoms with Crippen molar-refractivity contribution in [2.24, 2.45) is 11.7 Å². The van der Waals surface area contributed by atoms with Crippen molar-refractivity contribution in [2.75, 3.05) is 31.1 Å². The van der Waals surface area contributed by atoms with Gasteiger partial charge in [-0.1, -0.05) is 42.5 Å². The summed E-state index contributed by atoms with van der Waals surface area (Å²) in [6.45, 7) is 2.17. The molecule has 4 rings (SSSR count). The van der Waals surface area contributed by atoms with Crippen molar-refractivity contribution in [3.05, 3.63) is 60.2 Å². The van der Waals surface area contributed by atoms with Crippen LogP contribution < -0.4 is 15.4 Å². The lowest BCUT2D eigenvalue weighted by molar-refractivity contribution is -0.123. The first kappa shape index (κ1) is 18.5. The summed E-state index contributed by atoms with van der Waals surface area (Å²) < 4.78 is 5.94. The summed E-state index contributed by atoms with van der Waals surface area (Å²) >= 11 is 0. The van der Waals surface area contributed by atoms with Crippen LogP contribution in [0.15, 0.2) is 54.6 Å². The van der Waals surface area contributed by atoms with E-state index in [1.807, 2.05) is 59.5 Å². The standard InChI is InChI=1S/C22H25N3O3/c23-22(27)17-10-12-24(13-11-17)14-21(26)25-18-8-4-5-9-20(18)28-15-19(25)16-6-2-1-3-7-16/h1-9,17,19H,10-15H2,(H2,23,27)/t19-/m0/s1. The molecule has 6 nitrogen and oxygen atoms in total. The van der Waals surface area contributed by atoms with E-state index in [-0.39, 0.29) is 23.8 Å². The summed E-state index contributed by atoms with van der Waals surface area (Å²) in [5.74, 6) is 0.461. The fourth-order valence-electron chi connectivity index (χ4n) is 4.06. The van der Waals surface area contributed by atoms with Crippen molar-refractivity contribution < 1.29 is 14.3 Å². The van der Waals surface area contributed by atoms with Crippen LogP contribution in [0.5, 0.6) is 5.75 Å². The molecule has 0 spiro atoms. The van der Waals surface area contributed by atoms with Crippen LogP contribution in [0, 0.1) is 5.92 Å². The van der Waals surface area contributed by atoms with E-state index in [1.54, 1.807) is 0 Å². The van der Waals surface area contributed by atoms with Crippen LogP contribution in [-0.2, 0) is 9.59 Å². The van der Waals surface area contributed by atoms with Gasteiger partial charge in [0.1, 0.15) is 12.4 Å². The quantitative estimate of drug-likeness (QED) is 0.885. The number of rotatable bonds is 4. The summed E-state index contributed by atoms with van der Waals surface area (Å²) in [5, 5.41) is 0. The van der Waals surface area contributed by atoms with Crippen molar-refractivity contribution in [2.45, 2.75) is 18.9 Å². The van der Waals surface area contributed by atoms with Gasteiger partial charge in [0.25, 0.3) is 0 Å². The molecule has 0 bridgehead atoms. The summed E-state index contributed by atoms with van der Waals surface area (Å²) in [6.07, 6.45) is 1.43. The lowest BCUT2D eigenvalue weighted by atomic mass is 9.96. The van der Waals surface area contributed by atoms with Gasteiger partial charge in [0, 0.05) is 5.92 Å². The minimum atomic E-state index is -0.239. The van der Waals surface area contributed by atoms with E-state index >= 15 is 0 Å². The number of carbonyl (C=O) groups is 2. The van der Waals surface area contributed by atoms with Crippen LogP contribution in [-0.4, -0.2) is 43.0 Å². The Balaban J connectivity index is 1.55. The number of hydrogen-bond donors (Lipinski definition) is 1. The van der Waals surface area contributed by atoms with Crippen molar-refractivity contribution in [1.82, 2.24) is 4.90 Å². The van der Waals surface area contributed by atoms with Crippen LogP contribution in [0.25, 0.3) is 0 Å². The summed E-state index contributed by atoms with van der Waals surface area (Å²) in [6, 6.07) is 17.5. The van der Waals surface area contributed by atoms with Gasteiger partial charge < -0.3 is 10.5 Å². The molecule has 2 N–H and O–H groups in total. The molecule has 1 saturated heterocycles. The maximum absolute atomic E-state index is 13.4. The van der Waals surface area contributed by atoms with Crippen LogP contribution >= 0.6 is 0 Å². The highest BCUT2D eigenvalue weighted by molar-refractivity contribution is 5.97. The normalized spacial score (nSPS) is 20.3. The number of nitrogens with two attached hydrogens (primary N) is 1. The van der Waals surface area contributed by atoms with Gasteiger partial charge in [-0.2, -0.15) is 0 Å². The molecule has 0 saturated carbocycles. The van der Waals surface area contributed by atoms with Gasteiger partial charge >= 0.3 is 0 Å². The van der Waals surface area contributed by atoms with Crippen molar-refractivity contribution in [3.8, 4) is 5.75 Å². The molecule has 2 heterocycles. The third-order valence-electron chi connectivity index (χ3n) is 5.64. The summed E-state index contributed by atoms with van der Waals surface area (Å²) in [4.78, 5) is 28.7. The number of para-hydroxylation sites is 2. The number of anilines is 1. The number of hydrogen-bond acceptors (Lipinski definition) is 4. The maximum Gasteiger partial charge on any atom is 0.241 e. The predicted octanol–water partition coefficient (Wildman–Crippen LogP) is 2.35. The molecule has 0 aromatic heterocycles. The maximum atomic E-state index is 13.4. The Labute approximate surface area is 164 Å². The van der Waals surface area contributed by atoms with E-state index in [1.165, 1.54) is 0 Å². The van der Waals surface area contributed by atoms with E-state index in [4.69, 9.17) is 10.5 Å². The van der Waals surface area contributed by atoms with Gasteiger partial charge in [0.2, 0.25) is 11.8 Å². The molecule has 1 atom stereocenters. The van der Waals surface area contributed by atoms with Gasteiger partial charge in [-0.05, 0) is 43.6 Å². The van der Waals surface area contributed by atoms with E-state index in [9.17, 15) is 9.59 Å². The number of likely N-dealkylation sites (tertiary alicyclic amines) is 1. The molecule has 0 radical (unpaired) electrons. The first-order chi connectivity index (χ1) is 13.6. The second kappa shape index (κ2) is 8.02. The molecule has 2 amide bonds. The Morgan fingerprint density at radius 1 is 1.00 bits per heavy atom. The Morgan fingerprint density at radius 2 is 1.68 bits per heavy atom. The zero-order valence-electron chi connectivity index (χ0n) is 15.8. The SMILES string of the molecule is NC(=O)C1CCN(CC(=O)N2c3ccccc3OC[C@H]2c2ccccc2)CC1. The molecule has 0 unspecified atom stereocenters. The lowest BCUT2D eigenvalue weighted by Gasteiger charge is -2.39. The summed E-state index contributed by atoms with van der Waals surface area (Å²) in [5.41, 5.74) is 7.28. The zero-order valence-corrected chi connectivity index (χ0v) is 15.8. The lowest BCUT2D eigenvalue weighted by Crippen LogP contribution is -2.48. The predicted molar refractivity (Wildman–Crippen MR) is 107 cm³/mol. The Bertz CT molecular complexity index is 847. The number of amides is 2. The number of primary amides is 1. The van der Waals surface area contributed by atoms with Crippen molar-refractivity contribution in [1.29, 1.82) is 0 Å². The van der Waals surface area contributed by atoms with E-state index < -0.39 is 0 Å². The summed E-state index contributed by atoms with van der Waals surface area (Å²) in [7, 11) is 0. The molecule has 2 aromatic carbocycles. The topological polar surface area (TPSA) is 75.9 Å². The molecule has 2 aliphatic rings. The molecule has 2 aliphatic heterocycles. The third kappa shape index (κ3) is 3.73. The molecule has 28 heavy (non-hydrogen) atoms. The van der Waals surface area contributed by atoms with E-state index in [0.717, 1.165) is 17.0 Å². The minimum absolute atomic E-state index is 0.0436. The second-order valence-corrected chi connectivity index (χ2v) is 7.42. The highest BCUT2D eigenvalue weighted by Crippen LogP contribution is 2.39. The highest BCUT2D eigenvalue weighted by Gasteiger charge is 2.34. The van der Waals surface area contributed by atoms with Gasteiger partial charge in [-0.3, -0.25) is 19.4 Å². The van der Waals surface area contributed by atoms with Crippen LogP contribution in [0.2, 0.25) is 0 Å². The van der Waals surface area contributed by atoms with Crippen LogP contribution in [0.1, 0.15) is 24.4 Å². The molecule has 146 valence electrons. The van der Waals surface area contributed by atoms with Gasteiger partial charge in [-0.15, -0.1) is 0 Å². The zero-order chi connectivity index (χ0) is 19.5. The van der Waals surface area contributed by atoms with Crippen LogP contribution in [0.4, 0.5) is 5.69 Å². The minimum Gasteiger partial charge on any atom is -0.489 e. The molecular weight excluding hydrogens is 354 g/mol. The number of nitrogens with zero attached hydrogens (tertiary/aromatic N) is 2. The number of carbonyl (C=O) groups excluding carboxylic acids is 2. The average molecular weight is 379 g/mol. The van der Waals surface area contributed by atoms with Gasteiger partial charge in [0.05, 0.1) is 18.3 Å². The van der Waals surface area contributed by atoms with Crippen LogP contribution in [0.3, 0.4) is 0 Å². The fraction of sp³-hybridized carbons (Fsp3) is 0.364. The second-order valence-electron chi connectivity index (χ2n) is 7.42. The molecule has 0 aliphatic carbocycles. The first-order valence-electron chi connectivity index (χ1n) is 9.74. The monoisotopic (exact) mass is 379 g/mol. The number of ether oxygens (including phenoxy) is 1. The molecule has 1 fully saturated rings. The molecule has 6 heteroatoms. The Morgan fingerprint density at radius 3 is 2.39 bits per heavy atom. The highest BCUT2D eigenvalue weighted by atomic mass is 16.5. The van der Waals surface area contributed by atoms with Gasteiger partial charge in [-0.25, -0.2) is 0 Å². The van der Waals surface area contributed by atoms with E-state index in [2.05, 4.69) is 4.90 Å². The number of piperidine rings is 1.